The molecule has 3 aromatic rings. The van der Waals surface area contributed by atoms with Crippen LogP contribution in [0.2, 0.25) is 0 Å². The summed E-state index contributed by atoms with van der Waals surface area (Å²) < 4.78 is 1.94. The van der Waals surface area contributed by atoms with Gasteiger partial charge < -0.3 is 4.90 Å². The maximum atomic E-state index is 12.6. The van der Waals surface area contributed by atoms with Crippen molar-refractivity contribution >= 4 is 5.91 Å². The molecule has 5 nitrogen and oxygen atoms in total. The number of hydrogen-bond acceptors (Lipinski definition) is 3. The molecule has 1 saturated heterocycles. The Morgan fingerprint density at radius 3 is 2.43 bits per heavy atom. The van der Waals surface area contributed by atoms with Crippen LogP contribution in [0.1, 0.15) is 18.4 Å². The van der Waals surface area contributed by atoms with Gasteiger partial charge in [0.2, 0.25) is 5.91 Å². The first-order valence-electron chi connectivity index (χ1n) is 9.78. The number of amides is 1. The summed E-state index contributed by atoms with van der Waals surface area (Å²) in [5.74, 6) is 0.189. The molecule has 1 aliphatic rings. The Morgan fingerprint density at radius 1 is 1.07 bits per heavy atom. The van der Waals surface area contributed by atoms with E-state index in [1.807, 2.05) is 55.2 Å². The number of carbonyl (C=O) groups excluding carboxylic acids is 1. The van der Waals surface area contributed by atoms with E-state index in [2.05, 4.69) is 35.4 Å². The molecule has 1 aliphatic heterocycles. The molecule has 0 aliphatic carbocycles. The normalized spacial score (nSPS) is 17.0. The average molecular weight is 374 g/mol. The third kappa shape index (κ3) is 3.71. The number of likely N-dealkylation sites (N-methyl/N-ethyl adjacent to an activating group) is 1. The van der Waals surface area contributed by atoms with E-state index in [-0.39, 0.29) is 11.9 Å². The largest absolute Gasteiger partial charge is 0.347 e. The highest BCUT2D eigenvalue weighted by Gasteiger charge is 2.32. The Labute approximate surface area is 166 Å². The second-order valence-corrected chi connectivity index (χ2v) is 7.51. The summed E-state index contributed by atoms with van der Waals surface area (Å²) in [6.45, 7) is 1.66. The van der Waals surface area contributed by atoms with Crippen LogP contribution in [-0.4, -0.2) is 52.2 Å². The van der Waals surface area contributed by atoms with Crippen LogP contribution in [-0.2, 0) is 11.3 Å². The maximum absolute atomic E-state index is 12.6. The predicted octanol–water partition coefficient (Wildman–Crippen LogP) is 3.59. The summed E-state index contributed by atoms with van der Waals surface area (Å²) in [6, 6.07) is 20.4. The van der Waals surface area contributed by atoms with Crippen LogP contribution in [0.25, 0.3) is 16.9 Å². The molecule has 28 heavy (non-hydrogen) atoms. The van der Waals surface area contributed by atoms with Crippen LogP contribution >= 0.6 is 0 Å². The van der Waals surface area contributed by atoms with E-state index in [1.165, 1.54) is 0 Å². The minimum Gasteiger partial charge on any atom is -0.347 e. The van der Waals surface area contributed by atoms with Crippen molar-refractivity contribution in [3.63, 3.8) is 0 Å². The van der Waals surface area contributed by atoms with E-state index in [4.69, 9.17) is 5.10 Å². The Kier molecular flexibility index (Phi) is 5.26. The summed E-state index contributed by atoms with van der Waals surface area (Å²) in [5.41, 5.74) is 4.26. The van der Waals surface area contributed by atoms with Gasteiger partial charge in [-0.1, -0.05) is 48.5 Å². The van der Waals surface area contributed by atoms with Gasteiger partial charge in [-0.3, -0.25) is 9.69 Å². The standard InChI is InChI=1S/C23H26N4O/c1-25(2)23(28)21-14-9-15-26(21)16-19-17-27(20-12-7-4-8-13-20)24-22(19)18-10-5-3-6-11-18/h3-8,10-13,17,21H,9,14-16H2,1-2H3/t21-/m0/s1. The molecule has 144 valence electrons. The Bertz CT molecular complexity index is 934. The number of carbonyl (C=O) groups is 1. The van der Waals surface area contributed by atoms with Crippen LogP contribution in [0.3, 0.4) is 0 Å². The zero-order valence-corrected chi connectivity index (χ0v) is 16.5. The van der Waals surface area contributed by atoms with Crippen molar-refractivity contribution in [1.29, 1.82) is 0 Å². The zero-order chi connectivity index (χ0) is 19.5. The Hall–Kier alpha value is -2.92. The molecule has 1 aromatic heterocycles. The highest BCUT2D eigenvalue weighted by atomic mass is 16.2. The number of rotatable bonds is 5. The van der Waals surface area contributed by atoms with Gasteiger partial charge in [-0.2, -0.15) is 5.10 Å². The van der Waals surface area contributed by atoms with Gasteiger partial charge >= 0.3 is 0 Å². The van der Waals surface area contributed by atoms with Gasteiger partial charge in [-0.15, -0.1) is 0 Å². The van der Waals surface area contributed by atoms with Crippen molar-refractivity contribution in [2.75, 3.05) is 20.6 Å². The first-order chi connectivity index (χ1) is 13.6. The molecule has 0 unspecified atom stereocenters. The van der Waals surface area contributed by atoms with E-state index in [0.717, 1.165) is 48.4 Å². The lowest BCUT2D eigenvalue weighted by molar-refractivity contribution is -0.133. The SMILES string of the molecule is CN(C)C(=O)[C@@H]1CCCN1Cc1cn(-c2ccccc2)nc1-c1ccccc1. The third-order valence-electron chi connectivity index (χ3n) is 5.32. The second kappa shape index (κ2) is 7.98. The molecular weight excluding hydrogens is 348 g/mol. The van der Waals surface area contributed by atoms with Crippen molar-refractivity contribution in [2.24, 2.45) is 0 Å². The molecule has 1 fully saturated rings. The molecule has 1 atom stereocenters. The highest BCUT2D eigenvalue weighted by molar-refractivity contribution is 5.81. The van der Waals surface area contributed by atoms with E-state index in [0.29, 0.717) is 0 Å². The molecule has 2 heterocycles. The van der Waals surface area contributed by atoms with E-state index < -0.39 is 0 Å². The summed E-state index contributed by atoms with van der Waals surface area (Å²) in [5, 5.41) is 4.89. The molecule has 0 N–H and O–H groups in total. The number of hydrogen-bond donors (Lipinski definition) is 0. The van der Waals surface area contributed by atoms with Crippen molar-refractivity contribution in [3.8, 4) is 16.9 Å². The Morgan fingerprint density at radius 2 is 1.75 bits per heavy atom. The van der Waals surface area contributed by atoms with Crippen LogP contribution in [0.5, 0.6) is 0 Å². The van der Waals surface area contributed by atoms with Gasteiger partial charge in [0.25, 0.3) is 0 Å². The number of aromatic nitrogens is 2. The smallest absolute Gasteiger partial charge is 0.239 e. The first-order valence-corrected chi connectivity index (χ1v) is 9.78. The minimum atomic E-state index is -0.0429. The first kappa shape index (κ1) is 18.4. The van der Waals surface area contributed by atoms with E-state index in [9.17, 15) is 4.79 Å². The minimum absolute atomic E-state index is 0.0429. The molecule has 5 heteroatoms. The van der Waals surface area contributed by atoms with Crippen LogP contribution in [0.15, 0.2) is 66.9 Å². The molecule has 0 radical (unpaired) electrons. The maximum Gasteiger partial charge on any atom is 0.239 e. The summed E-state index contributed by atoms with van der Waals surface area (Å²) in [7, 11) is 3.67. The van der Waals surface area contributed by atoms with Gasteiger partial charge in [0.05, 0.1) is 17.4 Å². The van der Waals surface area contributed by atoms with Crippen molar-refractivity contribution in [2.45, 2.75) is 25.4 Å². The predicted molar refractivity (Wildman–Crippen MR) is 111 cm³/mol. The lowest BCUT2D eigenvalue weighted by atomic mass is 10.1. The highest BCUT2D eigenvalue weighted by Crippen LogP contribution is 2.28. The van der Waals surface area contributed by atoms with Crippen LogP contribution < -0.4 is 0 Å². The Balaban J connectivity index is 1.69. The molecule has 0 spiro atoms. The number of likely N-dealkylation sites (tertiary alicyclic amines) is 1. The van der Waals surface area contributed by atoms with Gasteiger partial charge in [-0.25, -0.2) is 4.68 Å². The number of benzene rings is 2. The fourth-order valence-electron chi connectivity index (χ4n) is 3.89. The number of para-hydroxylation sites is 1. The van der Waals surface area contributed by atoms with Crippen molar-refractivity contribution in [3.05, 3.63) is 72.4 Å². The molecule has 0 saturated carbocycles. The molecule has 4 rings (SSSR count). The van der Waals surface area contributed by atoms with E-state index >= 15 is 0 Å². The summed E-state index contributed by atoms with van der Waals surface area (Å²) >= 11 is 0. The number of nitrogens with zero attached hydrogens (tertiary/aromatic N) is 4. The quantitative estimate of drug-likeness (QED) is 0.685. The summed E-state index contributed by atoms with van der Waals surface area (Å²) in [4.78, 5) is 16.6. The van der Waals surface area contributed by atoms with Gasteiger partial charge in [-0.05, 0) is 31.5 Å². The third-order valence-corrected chi connectivity index (χ3v) is 5.32. The fourth-order valence-corrected chi connectivity index (χ4v) is 3.89. The van der Waals surface area contributed by atoms with E-state index in [1.54, 1.807) is 4.90 Å². The topological polar surface area (TPSA) is 41.4 Å². The fraction of sp³-hybridized carbons (Fsp3) is 0.304. The summed E-state index contributed by atoms with van der Waals surface area (Å²) in [6.07, 6.45) is 4.08. The average Bonchev–Trinajstić information content (AvgIpc) is 3.36. The molecule has 1 amide bonds. The molecule has 0 bridgehead atoms. The molecular formula is C23H26N4O. The monoisotopic (exact) mass is 374 g/mol. The van der Waals surface area contributed by atoms with Crippen LogP contribution in [0, 0.1) is 0 Å². The van der Waals surface area contributed by atoms with Gasteiger partial charge in [0.1, 0.15) is 0 Å². The van der Waals surface area contributed by atoms with Crippen molar-refractivity contribution in [1.82, 2.24) is 19.6 Å². The van der Waals surface area contributed by atoms with Gasteiger partial charge in [0, 0.05) is 38.0 Å². The van der Waals surface area contributed by atoms with Crippen molar-refractivity contribution < 1.29 is 4.79 Å². The van der Waals surface area contributed by atoms with Gasteiger partial charge in [0.15, 0.2) is 0 Å². The second-order valence-electron chi connectivity index (χ2n) is 7.51. The zero-order valence-electron chi connectivity index (χ0n) is 16.5. The molecule has 2 aromatic carbocycles. The lowest BCUT2D eigenvalue weighted by Crippen LogP contribution is -2.42. The van der Waals surface area contributed by atoms with Crippen LogP contribution in [0.4, 0.5) is 0 Å². The lowest BCUT2D eigenvalue weighted by Gasteiger charge is -2.25.